The van der Waals surface area contributed by atoms with Gasteiger partial charge in [-0.1, -0.05) is 24.3 Å². The molecule has 24 heavy (non-hydrogen) atoms. The first-order valence-corrected chi connectivity index (χ1v) is 8.82. The van der Waals surface area contributed by atoms with E-state index < -0.39 is 0 Å². The molecule has 0 amide bonds. The van der Waals surface area contributed by atoms with Crippen LogP contribution in [0.2, 0.25) is 0 Å². The lowest BCUT2D eigenvalue weighted by Gasteiger charge is -2.49. The number of para-hydroxylation sites is 1. The number of esters is 1. The van der Waals surface area contributed by atoms with Crippen molar-refractivity contribution in [2.75, 3.05) is 25.5 Å². The number of fused-ring (bicyclic) bond motifs is 2. The van der Waals surface area contributed by atoms with Crippen LogP contribution in [0.1, 0.15) is 25.3 Å². The molecule has 0 aromatic heterocycles. The highest BCUT2D eigenvalue weighted by atomic mass is 16.5. The highest BCUT2D eigenvalue weighted by Crippen LogP contribution is 2.61. The Labute approximate surface area is 142 Å². The Morgan fingerprint density at radius 3 is 3.00 bits per heavy atom. The highest BCUT2D eigenvalue weighted by molar-refractivity contribution is 5.94. The van der Waals surface area contributed by atoms with E-state index >= 15 is 0 Å². The van der Waals surface area contributed by atoms with Crippen LogP contribution in [0.3, 0.4) is 0 Å². The van der Waals surface area contributed by atoms with Gasteiger partial charge in [-0.05, 0) is 43.5 Å². The standard InChI is InChI=1S/C20H22N2O2/c1-3-12-13-8-10-22-11-9-20(18(12)22)14-6-4-5-7-15(14)21-17(20)16(13)19(23)24-2/h3-7,13,18,21H,8-11H2,1-2H3/b12-3+/t13-,18?,20+/m0/s1. The number of piperidine rings is 1. The quantitative estimate of drug-likeness (QED) is 0.638. The van der Waals surface area contributed by atoms with Crippen molar-refractivity contribution in [1.29, 1.82) is 0 Å². The molecule has 5 rings (SSSR count). The lowest BCUT2D eigenvalue weighted by atomic mass is 9.60. The number of nitrogens with zero attached hydrogens (tertiary/aromatic N) is 1. The van der Waals surface area contributed by atoms with Crippen molar-refractivity contribution >= 4 is 11.7 Å². The number of rotatable bonds is 1. The van der Waals surface area contributed by atoms with Crippen molar-refractivity contribution in [1.82, 2.24) is 4.90 Å². The molecule has 1 aliphatic carbocycles. The predicted molar refractivity (Wildman–Crippen MR) is 92.6 cm³/mol. The van der Waals surface area contributed by atoms with Crippen molar-refractivity contribution in [3.63, 3.8) is 0 Å². The smallest absolute Gasteiger partial charge is 0.336 e. The van der Waals surface area contributed by atoms with Gasteiger partial charge >= 0.3 is 5.97 Å². The molecular weight excluding hydrogens is 300 g/mol. The fourth-order valence-electron chi connectivity index (χ4n) is 5.70. The summed E-state index contributed by atoms with van der Waals surface area (Å²) < 4.78 is 5.21. The SMILES string of the molecule is C/C=C1/C2N3CC[C@@H]1C(C(=O)OC)=C1Nc4ccccc4[C@]12CC3. The van der Waals surface area contributed by atoms with Crippen molar-refractivity contribution in [2.24, 2.45) is 5.92 Å². The summed E-state index contributed by atoms with van der Waals surface area (Å²) in [6.45, 7) is 4.26. The third kappa shape index (κ3) is 1.46. The number of anilines is 1. The Kier molecular flexibility index (Phi) is 2.82. The topological polar surface area (TPSA) is 41.6 Å². The van der Waals surface area contributed by atoms with Crippen LogP contribution in [0, 0.1) is 5.92 Å². The zero-order chi connectivity index (χ0) is 16.5. The molecule has 1 aromatic rings. The largest absolute Gasteiger partial charge is 0.466 e. The molecule has 1 unspecified atom stereocenters. The molecule has 4 heteroatoms. The van der Waals surface area contributed by atoms with Crippen LogP contribution < -0.4 is 5.32 Å². The predicted octanol–water partition coefficient (Wildman–Crippen LogP) is 2.83. The molecule has 1 aromatic carbocycles. The molecule has 1 N–H and O–H groups in total. The summed E-state index contributed by atoms with van der Waals surface area (Å²) >= 11 is 0. The number of benzene rings is 1. The zero-order valence-electron chi connectivity index (χ0n) is 14.1. The lowest BCUT2D eigenvalue weighted by Crippen LogP contribution is -2.54. The second kappa shape index (κ2) is 4.73. The summed E-state index contributed by atoms with van der Waals surface area (Å²) in [5, 5.41) is 3.62. The maximum absolute atomic E-state index is 12.7. The number of allylic oxidation sites excluding steroid dienone is 1. The first kappa shape index (κ1) is 14.3. The van der Waals surface area contributed by atoms with Gasteiger partial charge in [0.05, 0.1) is 18.1 Å². The summed E-state index contributed by atoms with van der Waals surface area (Å²) in [4.78, 5) is 15.3. The Balaban J connectivity index is 1.86. The van der Waals surface area contributed by atoms with Crippen LogP contribution in [0.4, 0.5) is 5.69 Å². The van der Waals surface area contributed by atoms with Crippen molar-refractivity contribution in [3.05, 3.63) is 52.7 Å². The molecule has 4 aliphatic rings. The second-order valence-corrected chi connectivity index (χ2v) is 7.24. The molecule has 2 fully saturated rings. The lowest BCUT2D eigenvalue weighted by molar-refractivity contribution is -0.137. The minimum atomic E-state index is -0.173. The average molecular weight is 322 g/mol. The minimum absolute atomic E-state index is 0.112. The van der Waals surface area contributed by atoms with Gasteiger partial charge in [0, 0.05) is 29.9 Å². The summed E-state index contributed by atoms with van der Waals surface area (Å²) in [7, 11) is 1.50. The Bertz CT molecular complexity index is 810. The number of hydrogen-bond acceptors (Lipinski definition) is 4. The molecule has 124 valence electrons. The molecule has 0 saturated carbocycles. The maximum atomic E-state index is 12.7. The number of nitrogens with one attached hydrogen (secondary N) is 1. The van der Waals surface area contributed by atoms with E-state index in [1.807, 2.05) is 0 Å². The van der Waals surface area contributed by atoms with E-state index in [4.69, 9.17) is 4.74 Å². The Hall–Kier alpha value is -2.07. The summed E-state index contributed by atoms with van der Waals surface area (Å²) in [6, 6.07) is 8.92. The Morgan fingerprint density at radius 2 is 2.21 bits per heavy atom. The summed E-state index contributed by atoms with van der Waals surface area (Å²) in [6.07, 6.45) is 4.30. The normalized spacial score (nSPS) is 34.8. The van der Waals surface area contributed by atoms with E-state index in [0.29, 0.717) is 6.04 Å². The third-order valence-electron chi connectivity index (χ3n) is 6.52. The van der Waals surface area contributed by atoms with Crippen LogP contribution in [-0.4, -0.2) is 37.1 Å². The van der Waals surface area contributed by atoms with Gasteiger partial charge in [-0.2, -0.15) is 0 Å². The van der Waals surface area contributed by atoms with Crippen LogP contribution >= 0.6 is 0 Å². The van der Waals surface area contributed by atoms with Gasteiger partial charge < -0.3 is 10.1 Å². The number of methoxy groups -OCH3 is 1. The molecule has 3 aliphatic heterocycles. The fraction of sp³-hybridized carbons (Fsp3) is 0.450. The molecule has 2 bridgehead atoms. The van der Waals surface area contributed by atoms with Crippen LogP contribution in [0.25, 0.3) is 0 Å². The molecule has 1 spiro atoms. The fourth-order valence-corrected chi connectivity index (χ4v) is 5.70. The van der Waals surface area contributed by atoms with E-state index in [-0.39, 0.29) is 17.3 Å². The maximum Gasteiger partial charge on any atom is 0.336 e. The molecule has 0 radical (unpaired) electrons. The van der Waals surface area contributed by atoms with E-state index in [2.05, 4.69) is 47.5 Å². The van der Waals surface area contributed by atoms with Crippen LogP contribution in [0.5, 0.6) is 0 Å². The molecule has 4 nitrogen and oxygen atoms in total. The van der Waals surface area contributed by atoms with E-state index in [0.717, 1.165) is 42.9 Å². The molecule has 2 saturated heterocycles. The van der Waals surface area contributed by atoms with E-state index in [1.165, 1.54) is 18.2 Å². The van der Waals surface area contributed by atoms with Crippen LogP contribution in [-0.2, 0) is 14.9 Å². The zero-order valence-corrected chi connectivity index (χ0v) is 14.1. The first-order valence-electron chi connectivity index (χ1n) is 8.82. The number of carbonyl (C=O) groups excluding carboxylic acids is 1. The van der Waals surface area contributed by atoms with Gasteiger partial charge in [0.1, 0.15) is 0 Å². The summed E-state index contributed by atoms with van der Waals surface area (Å²) in [5.41, 5.74) is 5.76. The van der Waals surface area contributed by atoms with Gasteiger partial charge in [-0.15, -0.1) is 0 Å². The molecular formula is C20H22N2O2. The van der Waals surface area contributed by atoms with Crippen molar-refractivity contribution in [2.45, 2.75) is 31.2 Å². The van der Waals surface area contributed by atoms with Gasteiger partial charge in [0.2, 0.25) is 0 Å². The van der Waals surface area contributed by atoms with Crippen molar-refractivity contribution in [3.8, 4) is 0 Å². The molecule has 3 atom stereocenters. The van der Waals surface area contributed by atoms with Gasteiger partial charge in [0.15, 0.2) is 0 Å². The number of hydrogen-bond donors (Lipinski definition) is 1. The summed E-state index contributed by atoms with van der Waals surface area (Å²) in [5.74, 6) is 0.0135. The highest BCUT2D eigenvalue weighted by Gasteiger charge is 2.63. The van der Waals surface area contributed by atoms with E-state index in [1.54, 1.807) is 0 Å². The van der Waals surface area contributed by atoms with Crippen molar-refractivity contribution < 1.29 is 9.53 Å². The number of ether oxygens (including phenoxy) is 1. The molecule has 3 heterocycles. The van der Waals surface area contributed by atoms with Gasteiger partial charge in [-0.25, -0.2) is 4.79 Å². The minimum Gasteiger partial charge on any atom is -0.466 e. The van der Waals surface area contributed by atoms with E-state index in [9.17, 15) is 4.79 Å². The Morgan fingerprint density at radius 1 is 1.38 bits per heavy atom. The van der Waals surface area contributed by atoms with Gasteiger partial charge in [-0.3, -0.25) is 4.90 Å². The average Bonchev–Trinajstić information content (AvgIpc) is 3.17. The van der Waals surface area contributed by atoms with Crippen LogP contribution in [0.15, 0.2) is 47.2 Å². The third-order valence-corrected chi connectivity index (χ3v) is 6.52. The number of carbonyl (C=O) groups is 1. The van der Waals surface area contributed by atoms with Gasteiger partial charge in [0.25, 0.3) is 0 Å². The first-order chi connectivity index (χ1) is 11.7. The monoisotopic (exact) mass is 322 g/mol. The second-order valence-electron chi connectivity index (χ2n) is 7.24.